The first-order chi connectivity index (χ1) is 14.4. The fraction of sp³-hybridized carbons (Fsp3) is 0.550. The van der Waals surface area contributed by atoms with Gasteiger partial charge in [-0.15, -0.1) is 0 Å². The minimum atomic E-state index is -4.38. The number of pyridine rings is 1. The monoisotopic (exact) mass is 422 g/mol. The van der Waals surface area contributed by atoms with Crippen LogP contribution in [0.15, 0.2) is 30.6 Å². The zero-order valence-electron chi connectivity index (χ0n) is 16.6. The van der Waals surface area contributed by atoms with Crippen molar-refractivity contribution in [3.63, 3.8) is 0 Å². The molecule has 30 heavy (non-hydrogen) atoms. The molecule has 0 unspecified atom stereocenters. The fourth-order valence-electron chi connectivity index (χ4n) is 4.11. The Morgan fingerprint density at radius 2 is 1.83 bits per heavy atom. The van der Waals surface area contributed by atoms with E-state index in [0.717, 1.165) is 30.9 Å². The van der Waals surface area contributed by atoms with E-state index in [1.165, 1.54) is 18.9 Å². The Morgan fingerprint density at radius 3 is 2.47 bits per heavy atom. The molecular weight excluding hydrogens is 397 g/mol. The SMILES string of the molecule is O=C(CN1CCN(c2ccc(C(F)(F)F)cn2)CC1)Nc1ccnn1C1CCCC1. The number of carbonyl (C=O) groups excluding carboxylic acids is 1. The minimum Gasteiger partial charge on any atom is -0.354 e. The average Bonchev–Trinajstić information content (AvgIpc) is 3.39. The van der Waals surface area contributed by atoms with Crippen LogP contribution >= 0.6 is 0 Å². The highest BCUT2D eigenvalue weighted by molar-refractivity contribution is 5.91. The highest BCUT2D eigenvalue weighted by Gasteiger charge is 2.31. The van der Waals surface area contributed by atoms with Crippen molar-refractivity contribution in [2.75, 3.05) is 42.9 Å². The Labute approximate surface area is 172 Å². The minimum absolute atomic E-state index is 0.0872. The number of hydrogen-bond acceptors (Lipinski definition) is 5. The lowest BCUT2D eigenvalue weighted by Crippen LogP contribution is -2.49. The van der Waals surface area contributed by atoms with Gasteiger partial charge in [0.2, 0.25) is 5.91 Å². The summed E-state index contributed by atoms with van der Waals surface area (Å²) in [6, 6.07) is 4.63. The van der Waals surface area contributed by atoms with Crippen LogP contribution in [0.4, 0.5) is 24.8 Å². The molecule has 4 rings (SSSR count). The van der Waals surface area contributed by atoms with Crippen LogP contribution in [0.2, 0.25) is 0 Å². The number of anilines is 2. The number of carbonyl (C=O) groups is 1. The van der Waals surface area contributed by atoms with E-state index in [1.54, 1.807) is 6.20 Å². The second-order valence-corrected chi connectivity index (χ2v) is 7.81. The van der Waals surface area contributed by atoms with Crippen molar-refractivity contribution in [3.05, 3.63) is 36.2 Å². The summed E-state index contributed by atoms with van der Waals surface area (Å²) in [5, 5.41) is 7.33. The summed E-state index contributed by atoms with van der Waals surface area (Å²) in [6.45, 7) is 2.75. The smallest absolute Gasteiger partial charge is 0.354 e. The van der Waals surface area contributed by atoms with Crippen LogP contribution in [-0.4, -0.2) is 58.3 Å². The van der Waals surface area contributed by atoms with E-state index in [-0.39, 0.29) is 12.5 Å². The highest BCUT2D eigenvalue weighted by atomic mass is 19.4. The summed E-state index contributed by atoms with van der Waals surface area (Å²) < 4.78 is 40.0. The maximum atomic E-state index is 12.7. The molecule has 0 aromatic carbocycles. The van der Waals surface area contributed by atoms with E-state index in [0.29, 0.717) is 38.0 Å². The topological polar surface area (TPSA) is 66.3 Å². The number of rotatable bonds is 5. The third kappa shape index (κ3) is 4.75. The third-order valence-corrected chi connectivity index (χ3v) is 5.75. The second kappa shape index (κ2) is 8.63. The van der Waals surface area contributed by atoms with Gasteiger partial charge in [-0.2, -0.15) is 18.3 Å². The van der Waals surface area contributed by atoms with Gasteiger partial charge in [0.1, 0.15) is 11.6 Å². The first-order valence-electron chi connectivity index (χ1n) is 10.2. The van der Waals surface area contributed by atoms with Crippen LogP contribution in [-0.2, 0) is 11.0 Å². The Morgan fingerprint density at radius 1 is 1.10 bits per heavy atom. The molecule has 3 heterocycles. The van der Waals surface area contributed by atoms with E-state index in [1.807, 2.05) is 20.5 Å². The standard InChI is InChI=1S/C20H25F3N6O/c21-20(22,23)15-5-6-17(24-13-15)28-11-9-27(10-12-28)14-19(30)26-18-7-8-25-29(18)16-3-1-2-4-16/h5-8,13,16H,1-4,9-12,14H2,(H,26,30). The molecule has 0 atom stereocenters. The van der Waals surface area contributed by atoms with E-state index < -0.39 is 11.7 Å². The van der Waals surface area contributed by atoms with Gasteiger partial charge < -0.3 is 10.2 Å². The molecule has 1 saturated carbocycles. The van der Waals surface area contributed by atoms with Crippen molar-refractivity contribution in [3.8, 4) is 0 Å². The molecule has 2 aromatic rings. The first-order valence-corrected chi connectivity index (χ1v) is 10.2. The van der Waals surface area contributed by atoms with Gasteiger partial charge in [0.25, 0.3) is 0 Å². The van der Waals surface area contributed by atoms with Gasteiger partial charge >= 0.3 is 6.18 Å². The number of piperazine rings is 1. The summed E-state index contributed by atoms with van der Waals surface area (Å²) in [7, 11) is 0. The van der Waals surface area contributed by atoms with Gasteiger partial charge in [0.15, 0.2) is 0 Å². The summed E-state index contributed by atoms with van der Waals surface area (Å²) in [5.41, 5.74) is -0.751. The summed E-state index contributed by atoms with van der Waals surface area (Å²) >= 11 is 0. The van der Waals surface area contributed by atoms with E-state index in [2.05, 4.69) is 15.4 Å². The highest BCUT2D eigenvalue weighted by Crippen LogP contribution is 2.31. The molecule has 1 aliphatic carbocycles. The van der Waals surface area contributed by atoms with Crippen molar-refractivity contribution in [1.29, 1.82) is 0 Å². The van der Waals surface area contributed by atoms with Crippen molar-refractivity contribution in [1.82, 2.24) is 19.7 Å². The van der Waals surface area contributed by atoms with Gasteiger partial charge in [0, 0.05) is 38.4 Å². The van der Waals surface area contributed by atoms with Crippen LogP contribution in [0, 0.1) is 0 Å². The molecule has 1 saturated heterocycles. The Hall–Kier alpha value is -2.62. The van der Waals surface area contributed by atoms with Crippen LogP contribution in [0.25, 0.3) is 0 Å². The molecule has 2 fully saturated rings. The van der Waals surface area contributed by atoms with E-state index >= 15 is 0 Å². The second-order valence-electron chi connectivity index (χ2n) is 7.81. The normalized spacial score (nSPS) is 18.7. The zero-order chi connectivity index (χ0) is 21.1. The lowest BCUT2D eigenvalue weighted by Gasteiger charge is -2.35. The Bertz CT molecular complexity index is 852. The molecule has 0 bridgehead atoms. The van der Waals surface area contributed by atoms with Crippen molar-refractivity contribution in [2.24, 2.45) is 0 Å². The van der Waals surface area contributed by atoms with Crippen LogP contribution < -0.4 is 10.2 Å². The van der Waals surface area contributed by atoms with Gasteiger partial charge in [-0.25, -0.2) is 9.67 Å². The molecule has 1 amide bonds. The molecule has 1 N–H and O–H groups in total. The Balaban J connectivity index is 1.27. The van der Waals surface area contributed by atoms with Crippen LogP contribution in [0.5, 0.6) is 0 Å². The number of aromatic nitrogens is 3. The van der Waals surface area contributed by atoms with Crippen molar-refractivity contribution in [2.45, 2.75) is 37.9 Å². The lowest BCUT2D eigenvalue weighted by atomic mass is 10.2. The first kappa shape index (κ1) is 20.6. The molecule has 2 aliphatic rings. The van der Waals surface area contributed by atoms with Crippen molar-refractivity contribution >= 4 is 17.5 Å². The molecule has 2 aromatic heterocycles. The van der Waals surface area contributed by atoms with Crippen molar-refractivity contribution < 1.29 is 18.0 Å². The zero-order valence-corrected chi connectivity index (χ0v) is 16.6. The number of amides is 1. The quantitative estimate of drug-likeness (QED) is 0.802. The number of halogens is 3. The van der Waals surface area contributed by atoms with Gasteiger partial charge in [-0.05, 0) is 25.0 Å². The fourth-order valence-corrected chi connectivity index (χ4v) is 4.11. The number of nitrogens with zero attached hydrogens (tertiary/aromatic N) is 5. The maximum absolute atomic E-state index is 12.7. The maximum Gasteiger partial charge on any atom is 0.417 e. The van der Waals surface area contributed by atoms with E-state index in [9.17, 15) is 18.0 Å². The third-order valence-electron chi connectivity index (χ3n) is 5.75. The average molecular weight is 422 g/mol. The molecule has 0 spiro atoms. The molecule has 1 aliphatic heterocycles. The predicted octanol–water partition coefficient (Wildman–Crippen LogP) is 3.17. The van der Waals surface area contributed by atoms with E-state index in [4.69, 9.17) is 0 Å². The van der Waals surface area contributed by atoms with Gasteiger partial charge in [-0.3, -0.25) is 9.69 Å². The largest absolute Gasteiger partial charge is 0.417 e. The van der Waals surface area contributed by atoms with Gasteiger partial charge in [-0.1, -0.05) is 12.8 Å². The lowest BCUT2D eigenvalue weighted by molar-refractivity contribution is -0.137. The number of hydrogen-bond donors (Lipinski definition) is 1. The molecular formula is C20H25F3N6O. The molecule has 162 valence electrons. The summed E-state index contributed by atoms with van der Waals surface area (Å²) in [5.74, 6) is 1.17. The number of nitrogens with one attached hydrogen (secondary N) is 1. The van der Waals surface area contributed by atoms with Gasteiger partial charge in [0.05, 0.1) is 24.3 Å². The van der Waals surface area contributed by atoms with Crippen LogP contribution in [0.1, 0.15) is 37.3 Å². The summed E-state index contributed by atoms with van der Waals surface area (Å²) in [4.78, 5) is 20.4. The van der Waals surface area contributed by atoms with Crippen LogP contribution in [0.3, 0.4) is 0 Å². The molecule has 10 heteroatoms. The number of alkyl halides is 3. The molecule has 0 radical (unpaired) electrons. The predicted molar refractivity (Wildman–Crippen MR) is 106 cm³/mol. The molecule has 7 nitrogen and oxygen atoms in total. The Kier molecular flexibility index (Phi) is 5.94. The summed E-state index contributed by atoms with van der Waals surface area (Å²) in [6.07, 6.45) is 2.75.